The molecule has 7 heteroatoms. The van der Waals surface area contributed by atoms with Gasteiger partial charge in [0, 0.05) is 17.4 Å². The topological polar surface area (TPSA) is 82.7 Å². The number of nitrogens with one attached hydrogen (secondary N) is 3. The summed E-state index contributed by atoms with van der Waals surface area (Å²) in [6.07, 6.45) is 11.8. The van der Waals surface area contributed by atoms with Crippen molar-refractivity contribution in [3.63, 3.8) is 0 Å². The fraction of sp³-hybridized carbons (Fsp3) is 0.348. The number of amides is 1. The number of allylic oxidation sites excluding steroid dienone is 2. The van der Waals surface area contributed by atoms with Gasteiger partial charge in [0.25, 0.3) is 0 Å². The van der Waals surface area contributed by atoms with Crippen LogP contribution in [0.1, 0.15) is 44.9 Å². The second-order valence-electron chi connectivity index (χ2n) is 7.10. The van der Waals surface area contributed by atoms with E-state index >= 15 is 0 Å². The Morgan fingerprint density at radius 2 is 1.93 bits per heavy atom. The number of H-pyrrole nitrogens is 1. The molecule has 2 heterocycles. The average Bonchev–Trinajstić information content (AvgIpc) is 3.41. The molecule has 0 fully saturated rings. The summed E-state index contributed by atoms with van der Waals surface area (Å²) in [5.41, 5.74) is 3.23. The summed E-state index contributed by atoms with van der Waals surface area (Å²) in [4.78, 5) is 25.1. The lowest BCUT2D eigenvalue weighted by Gasteiger charge is -2.12. The van der Waals surface area contributed by atoms with Crippen LogP contribution in [0.5, 0.6) is 0 Å². The number of hydrogen-bond acceptors (Lipinski definition) is 5. The largest absolute Gasteiger partial charge is 0.353 e. The lowest BCUT2D eigenvalue weighted by molar-refractivity contribution is -0.116. The third-order valence-corrected chi connectivity index (χ3v) is 5.40. The first-order valence-electron chi connectivity index (χ1n) is 10.3. The molecular formula is C23H29N5OS. The first-order chi connectivity index (χ1) is 14.6. The molecule has 0 atom stereocenters. The summed E-state index contributed by atoms with van der Waals surface area (Å²) in [6.45, 7) is 3.86. The Bertz CT molecular complexity index is 1020. The average molecular weight is 424 g/mol. The van der Waals surface area contributed by atoms with Crippen molar-refractivity contribution in [1.29, 1.82) is 0 Å². The number of aryl methyl sites for hydroxylation is 1. The Kier molecular flexibility index (Phi) is 7.90. The summed E-state index contributed by atoms with van der Waals surface area (Å²) in [7, 11) is 0. The van der Waals surface area contributed by atoms with Gasteiger partial charge < -0.3 is 15.6 Å². The van der Waals surface area contributed by atoms with Crippen LogP contribution in [-0.2, 0) is 4.79 Å². The maximum atomic E-state index is 11.9. The lowest BCUT2D eigenvalue weighted by atomic mass is 10.2. The minimum Gasteiger partial charge on any atom is -0.353 e. The van der Waals surface area contributed by atoms with Crippen LogP contribution in [-0.4, -0.2) is 27.1 Å². The number of pyridine rings is 1. The van der Waals surface area contributed by atoms with E-state index in [1.807, 2.05) is 44.4 Å². The number of anilines is 3. The molecular weight excluding hydrogens is 394 g/mol. The molecule has 6 nitrogen and oxygen atoms in total. The van der Waals surface area contributed by atoms with Gasteiger partial charge in [-0.2, -0.15) is 0 Å². The fourth-order valence-electron chi connectivity index (χ4n) is 3.18. The lowest BCUT2D eigenvalue weighted by Crippen LogP contribution is -2.12. The molecule has 30 heavy (non-hydrogen) atoms. The van der Waals surface area contributed by atoms with Gasteiger partial charge in [-0.15, -0.1) is 11.8 Å². The van der Waals surface area contributed by atoms with Crippen LogP contribution >= 0.6 is 11.8 Å². The molecule has 158 valence electrons. The van der Waals surface area contributed by atoms with Crippen molar-refractivity contribution in [2.75, 3.05) is 16.9 Å². The summed E-state index contributed by atoms with van der Waals surface area (Å²) < 4.78 is 0. The number of thioether (sulfide) groups is 1. The highest BCUT2D eigenvalue weighted by molar-refractivity contribution is 7.98. The smallest absolute Gasteiger partial charge is 0.225 e. The highest BCUT2D eigenvalue weighted by Crippen LogP contribution is 2.31. The maximum absolute atomic E-state index is 11.9. The number of imidazole rings is 1. The minimum atomic E-state index is -0.0444. The Morgan fingerprint density at radius 3 is 2.60 bits per heavy atom. The highest BCUT2D eigenvalue weighted by Gasteiger charge is 2.13. The number of hydrogen-bond donors (Lipinski definition) is 3. The van der Waals surface area contributed by atoms with Crippen molar-refractivity contribution in [2.45, 2.75) is 50.8 Å². The van der Waals surface area contributed by atoms with Gasteiger partial charge in [0.1, 0.15) is 17.2 Å². The number of benzene rings is 1. The number of fused-ring (bicyclic) bond motifs is 1. The van der Waals surface area contributed by atoms with Crippen molar-refractivity contribution in [2.24, 2.45) is 0 Å². The first-order valence-corrected chi connectivity index (χ1v) is 11.6. The van der Waals surface area contributed by atoms with Crippen LogP contribution in [0.4, 0.5) is 17.2 Å². The second-order valence-corrected chi connectivity index (χ2v) is 7.95. The van der Waals surface area contributed by atoms with Crippen LogP contribution < -0.4 is 10.6 Å². The van der Waals surface area contributed by atoms with E-state index < -0.39 is 0 Å². The fourth-order valence-corrected chi connectivity index (χ4v) is 3.73. The van der Waals surface area contributed by atoms with Gasteiger partial charge in [-0.3, -0.25) is 4.79 Å². The predicted molar refractivity (Wildman–Crippen MR) is 127 cm³/mol. The number of carbonyl (C=O) groups excluding carboxylic acids is 1. The molecule has 3 N–H and O–H groups in total. The van der Waals surface area contributed by atoms with Crippen LogP contribution in [0.25, 0.3) is 11.2 Å². The molecule has 0 bridgehead atoms. The third kappa shape index (κ3) is 5.86. The van der Waals surface area contributed by atoms with Gasteiger partial charge in [0.05, 0.1) is 11.4 Å². The molecule has 0 saturated carbocycles. The van der Waals surface area contributed by atoms with Crippen molar-refractivity contribution in [3.8, 4) is 0 Å². The van der Waals surface area contributed by atoms with Crippen molar-refractivity contribution < 1.29 is 4.79 Å². The Hall–Kier alpha value is -2.80. The predicted octanol–water partition coefficient (Wildman–Crippen LogP) is 6.20. The van der Waals surface area contributed by atoms with Crippen LogP contribution in [0.2, 0.25) is 0 Å². The Labute approximate surface area is 182 Å². The SMILES string of the molecule is C1=CCCC1.CCCC(=O)Nc1cc(Nc2ccccc2SC)c2[nH]c(C)nc2n1. The molecule has 0 spiro atoms. The zero-order valence-electron chi connectivity index (χ0n) is 17.8. The van der Waals surface area contributed by atoms with Gasteiger partial charge in [0.15, 0.2) is 5.65 Å². The summed E-state index contributed by atoms with van der Waals surface area (Å²) in [5.74, 6) is 1.24. The third-order valence-electron chi connectivity index (χ3n) is 4.61. The normalized spacial score (nSPS) is 12.5. The molecule has 1 amide bonds. The summed E-state index contributed by atoms with van der Waals surface area (Å²) >= 11 is 1.67. The van der Waals surface area contributed by atoms with Crippen molar-refractivity contribution in [1.82, 2.24) is 15.0 Å². The van der Waals surface area contributed by atoms with Gasteiger partial charge in [-0.05, 0) is 51.0 Å². The van der Waals surface area contributed by atoms with E-state index in [2.05, 4.69) is 43.8 Å². The number of aromatic amines is 1. The zero-order valence-corrected chi connectivity index (χ0v) is 18.6. The molecule has 1 aromatic carbocycles. The van der Waals surface area contributed by atoms with Gasteiger partial charge in [-0.25, -0.2) is 9.97 Å². The number of para-hydroxylation sites is 1. The molecule has 0 radical (unpaired) electrons. The van der Waals surface area contributed by atoms with Gasteiger partial charge in [0.2, 0.25) is 5.91 Å². The second kappa shape index (κ2) is 10.8. The molecule has 0 saturated heterocycles. The standard InChI is InChI=1S/C18H21N5OS.C5H8/c1-4-7-16(24)22-15-10-13(17-18(23-15)20-11(2)19-17)21-12-8-5-6-9-14(12)25-3;1-2-4-5-3-1/h5-6,8-10H,4,7H2,1-3H3,(H3,19,20,21,22,23,24);1-2H,3-5H2. The molecule has 0 unspecified atom stereocenters. The van der Waals surface area contributed by atoms with Gasteiger partial charge >= 0.3 is 0 Å². The highest BCUT2D eigenvalue weighted by atomic mass is 32.2. The van der Waals surface area contributed by atoms with E-state index in [9.17, 15) is 4.79 Å². The van der Waals surface area contributed by atoms with Crippen molar-refractivity contribution >= 4 is 46.0 Å². The molecule has 4 rings (SSSR count). The summed E-state index contributed by atoms with van der Waals surface area (Å²) in [6, 6.07) is 9.92. The quantitative estimate of drug-likeness (QED) is 0.325. The molecule has 1 aliphatic carbocycles. The molecule has 3 aromatic rings. The molecule has 2 aromatic heterocycles. The monoisotopic (exact) mass is 423 g/mol. The molecule has 0 aliphatic heterocycles. The molecule has 1 aliphatic rings. The van der Waals surface area contributed by atoms with E-state index in [4.69, 9.17) is 0 Å². The van der Waals surface area contributed by atoms with Crippen LogP contribution in [0, 0.1) is 6.92 Å². The number of nitrogens with zero attached hydrogens (tertiary/aromatic N) is 2. The van der Waals surface area contributed by atoms with Crippen molar-refractivity contribution in [3.05, 3.63) is 48.3 Å². The Morgan fingerprint density at radius 1 is 1.17 bits per heavy atom. The van der Waals surface area contributed by atoms with E-state index in [0.29, 0.717) is 17.9 Å². The number of aromatic nitrogens is 3. The summed E-state index contributed by atoms with van der Waals surface area (Å²) in [5, 5.41) is 6.29. The first kappa shape index (κ1) is 21.9. The van der Waals surface area contributed by atoms with E-state index in [1.165, 1.54) is 19.3 Å². The maximum Gasteiger partial charge on any atom is 0.225 e. The van der Waals surface area contributed by atoms with Crippen LogP contribution in [0.3, 0.4) is 0 Å². The van der Waals surface area contributed by atoms with E-state index in [0.717, 1.165) is 34.0 Å². The van der Waals surface area contributed by atoms with Gasteiger partial charge in [-0.1, -0.05) is 31.2 Å². The van der Waals surface area contributed by atoms with E-state index in [-0.39, 0.29) is 5.91 Å². The Balaban J connectivity index is 0.000000448. The number of rotatable bonds is 6. The van der Waals surface area contributed by atoms with Crippen LogP contribution in [0.15, 0.2) is 47.4 Å². The minimum absolute atomic E-state index is 0.0444. The van der Waals surface area contributed by atoms with E-state index in [1.54, 1.807) is 11.8 Å². The zero-order chi connectivity index (χ0) is 21.3. The number of carbonyl (C=O) groups is 1.